The van der Waals surface area contributed by atoms with Gasteiger partial charge in [0.05, 0.1) is 11.7 Å². The van der Waals surface area contributed by atoms with E-state index >= 15 is 8.78 Å². The fourth-order valence-corrected chi connectivity index (χ4v) is 8.42. The third-order valence-electron chi connectivity index (χ3n) is 8.08. The Hall–Kier alpha value is -2.73. The summed E-state index contributed by atoms with van der Waals surface area (Å²) in [5, 5.41) is 27.2. The minimum atomic E-state index is -3.83. The van der Waals surface area contributed by atoms with Crippen LogP contribution in [0.1, 0.15) is 67.3 Å². The Morgan fingerprint density at radius 3 is 2.50 bits per heavy atom. The minimum absolute atomic E-state index is 0.0172. The molecule has 0 bridgehead atoms. The number of nitrogens with one attached hydrogen (secondary N) is 1. The average Bonchev–Trinajstić information content (AvgIpc) is 3.35. The Morgan fingerprint density at radius 2 is 1.87 bits per heavy atom. The number of hydrogen-bond donors (Lipinski definition) is 3. The summed E-state index contributed by atoms with van der Waals surface area (Å²) in [6.45, 7) is 3.05. The molecule has 2 aromatic carbocycles. The van der Waals surface area contributed by atoms with Gasteiger partial charge in [-0.3, -0.25) is 5.10 Å². The second-order valence-corrected chi connectivity index (χ2v) is 13.1. The van der Waals surface area contributed by atoms with Gasteiger partial charge in [-0.05, 0) is 62.8 Å². The van der Waals surface area contributed by atoms with Gasteiger partial charge < -0.3 is 10.2 Å². The Kier molecular flexibility index (Phi) is 6.91. The van der Waals surface area contributed by atoms with Crippen molar-refractivity contribution in [3.05, 3.63) is 82.9 Å². The summed E-state index contributed by atoms with van der Waals surface area (Å²) in [5.74, 6) is -1.13. The molecule has 1 saturated heterocycles. The van der Waals surface area contributed by atoms with Crippen LogP contribution in [0.15, 0.2) is 48.8 Å². The van der Waals surface area contributed by atoms with Crippen molar-refractivity contribution in [1.82, 2.24) is 19.5 Å². The number of sulfonamides is 1. The molecule has 3 N–H and O–H groups in total. The molecular formula is C27H32F2N4O4S. The molecule has 1 aromatic heterocycles. The van der Waals surface area contributed by atoms with Gasteiger partial charge in [0.25, 0.3) is 0 Å². The van der Waals surface area contributed by atoms with Crippen LogP contribution in [0.3, 0.4) is 0 Å². The first-order chi connectivity index (χ1) is 17.9. The number of nitrogens with zero attached hydrogens (tertiary/aromatic N) is 3. The fraction of sp³-hybridized carbons (Fsp3) is 0.481. The van der Waals surface area contributed by atoms with E-state index in [2.05, 4.69) is 15.2 Å². The highest BCUT2D eigenvalue weighted by Gasteiger charge is 2.57. The lowest BCUT2D eigenvalue weighted by atomic mass is 9.53. The molecule has 0 radical (unpaired) electrons. The predicted octanol–water partition coefficient (Wildman–Crippen LogP) is 3.52. The number of benzene rings is 2. The first kappa shape index (κ1) is 26.9. The average molecular weight is 547 g/mol. The highest BCUT2D eigenvalue weighted by Crippen LogP contribution is 2.54. The summed E-state index contributed by atoms with van der Waals surface area (Å²) in [4.78, 5) is 4.01. The molecule has 2 fully saturated rings. The third-order valence-corrected chi connectivity index (χ3v) is 10.4. The van der Waals surface area contributed by atoms with E-state index in [1.54, 1.807) is 38.1 Å². The number of aliphatic hydroxyl groups is 2. The van der Waals surface area contributed by atoms with Crippen LogP contribution >= 0.6 is 0 Å². The SMILES string of the molecule is C[C@H]1CC[C@H](c2ccccc2)S(=O)(=O)N1Cc1cc(F)c(C2([C@@H](O)Cc3ncn[nH]3)CC(C)(O)C2)cc1F. The van der Waals surface area contributed by atoms with Crippen LogP contribution in [0.25, 0.3) is 0 Å². The molecule has 1 aliphatic heterocycles. The zero-order valence-corrected chi connectivity index (χ0v) is 22.1. The standard InChI is InChI=1S/C27H32F2N4O4S/c1-17-8-9-23(18-6-4-3-5-7-18)38(36,37)33(17)13-19-10-22(29)20(11-21(19)28)27(14-26(2,35)15-27)24(34)12-25-30-16-31-32-25/h3-7,10-11,16-17,23-24,34-35H,8-9,12-15H2,1-2H3,(H,30,31,32)/t17-,23+,24-,26?,27?/m0/s1. The zero-order chi connectivity index (χ0) is 27.3. The number of aromatic amines is 1. The monoisotopic (exact) mass is 546 g/mol. The summed E-state index contributed by atoms with van der Waals surface area (Å²) >= 11 is 0. The Bertz CT molecular complexity index is 1390. The van der Waals surface area contributed by atoms with Crippen LogP contribution in [0, 0.1) is 11.6 Å². The lowest BCUT2D eigenvalue weighted by Gasteiger charge is -2.54. The van der Waals surface area contributed by atoms with Crippen molar-refractivity contribution in [2.75, 3.05) is 0 Å². The van der Waals surface area contributed by atoms with E-state index in [1.165, 1.54) is 10.6 Å². The van der Waals surface area contributed by atoms with E-state index in [0.29, 0.717) is 24.2 Å². The van der Waals surface area contributed by atoms with Crippen molar-refractivity contribution in [3.8, 4) is 0 Å². The van der Waals surface area contributed by atoms with Gasteiger partial charge in [-0.2, -0.15) is 9.40 Å². The summed E-state index contributed by atoms with van der Waals surface area (Å²) in [6, 6.07) is 10.6. The summed E-state index contributed by atoms with van der Waals surface area (Å²) < 4.78 is 59.6. The molecule has 3 aromatic rings. The lowest BCUT2D eigenvalue weighted by molar-refractivity contribution is -0.122. The normalized spacial score (nSPS) is 30.1. The zero-order valence-electron chi connectivity index (χ0n) is 21.3. The Morgan fingerprint density at radius 1 is 1.16 bits per heavy atom. The van der Waals surface area contributed by atoms with Gasteiger partial charge in [0.15, 0.2) is 0 Å². The number of H-pyrrole nitrogens is 1. The van der Waals surface area contributed by atoms with Gasteiger partial charge in [-0.25, -0.2) is 22.2 Å². The molecule has 3 atom stereocenters. The van der Waals surface area contributed by atoms with E-state index in [0.717, 1.165) is 12.1 Å². The second-order valence-electron chi connectivity index (χ2n) is 11.0. The number of halogens is 2. The van der Waals surface area contributed by atoms with Gasteiger partial charge in [0.1, 0.15) is 29.0 Å². The van der Waals surface area contributed by atoms with Gasteiger partial charge >= 0.3 is 0 Å². The predicted molar refractivity (Wildman–Crippen MR) is 136 cm³/mol. The van der Waals surface area contributed by atoms with Crippen molar-refractivity contribution in [2.45, 2.75) is 80.9 Å². The number of rotatable bonds is 7. The van der Waals surface area contributed by atoms with Crippen LogP contribution in [0.5, 0.6) is 0 Å². The molecule has 204 valence electrons. The fourth-order valence-electron chi connectivity index (χ4n) is 6.23. The summed E-state index contributed by atoms with van der Waals surface area (Å²) in [5.41, 5.74) is -1.84. The van der Waals surface area contributed by atoms with Crippen molar-refractivity contribution < 1.29 is 27.4 Å². The molecule has 0 amide bonds. The molecular weight excluding hydrogens is 514 g/mol. The largest absolute Gasteiger partial charge is 0.392 e. The molecule has 1 saturated carbocycles. The summed E-state index contributed by atoms with van der Waals surface area (Å²) in [6.07, 6.45) is 1.24. The number of aliphatic hydroxyl groups excluding tert-OH is 1. The van der Waals surface area contributed by atoms with E-state index in [1.807, 2.05) is 6.07 Å². The maximum Gasteiger partial charge on any atom is 0.221 e. The molecule has 11 heteroatoms. The topological polar surface area (TPSA) is 119 Å². The van der Waals surface area contributed by atoms with E-state index < -0.39 is 44.0 Å². The third kappa shape index (κ3) is 4.76. The highest BCUT2D eigenvalue weighted by molar-refractivity contribution is 7.89. The number of hydrogen-bond acceptors (Lipinski definition) is 6. The first-order valence-electron chi connectivity index (χ1n) is 12.7. The lowest BCUT2D eigenvalue weighted by Crippen LogP contribution is -2.59. The Balaban J connectivity index is 1.45. The molecule has 2 heterocycles. The van der Waals surface area contributed by atoms with E-state index in [9.17, 15) is 18.6 Å². The molecule has 38 heavy (non-hydrogen) atoms. The van der Waals surface area contributed by atoms with E-state index in [4.69, 9.17) is 0 Å². The van der Waals surface area contributed by atoms with E-state index in [-0.39, 0.29) is 43.0 Å². The quantitative estimate of drug-likeness (QED) is 0.417. The van der Waals surface area contributed by atoms with Gasteiger partial charge in [0, 0.05) is 30.0 Å². The molecule has 2 aliphatic rings. The Labute approximate surface area is 220 Å². The second kappa shape index (κ2) is 9.78. The molecule has 0 unspecified atom stereocenters. The van der Waals surface area contributed by atoms with Crippen molar-refractivity contribution in [2.24, 2.45) is 0 Å². The smallest absolute Gasteiger partial charge is 0.221 e. The van der Waals surface area contributed by atoms with Crippen molar-refractivity contribution >= 4 is 10.0 Å². The first-order valence-corrected chi connectivity index (χ1v) is 14.2. The maximum absolute atomic E-state index is 15.7. The van der Waals surface area contributed by atoms with Gasteiger partial charge in [-0.1, -0.05) is 30.3 Å². The number of aromatic nitrogens is 3. The highest BCUT2D eigenvalue weighted by atomic mass is 32.2. The van der Waals surface area contributed by atoms with Crippen LogP contribution in [-0.4, -0.2) is 55.9 Å². The molecule has 0 spiro atoms. The van der Waals surface area contributed by atoms with Crippen molar-refractivity contribution in [3.63, 3.8) is 0 Å². The van der Waals surface area contributed by atoms with Crippen LogP contribution in [-0.2, 0) is 28.4 Å². The summed E-state index contributed by atoms with van der Waals surface area (Å²) in [7, 11) is -3.83. The van der Waals surface area contributed by atoms with Gasteiger partial charge in [0.2, 0.25) is 10.0 Å². The minimum Gasteiger partial charge on any atom is -0.392 e. The van der Waals surface area contributed by atoms with Gasteiger partial charge in [-0.15, -0.1) is 0 Å². The van der Waals surface area contributed by atoms with Crippen LogP contribution < -0.4 is 0 Å². The van der Waals surface area contributed by atoms with Crippen molar-refractivity contribution in [1.29, 1.82) is 0 Å². The molecule has 5 rings (SSSR count). The molecule has 8 nitrogen and oxygen atoms in total. The van der Waals surface area contributed by atoms with Crippen LogP contribution in [0.2, 0.25) is 0 Å². The molecule has 1 aliphatic carbocycles. The maximum atomic E-state index is 15.7. The van der Waals surface area contributed by atoms with Crippen LogP contribution in [0.4, 0.5) is 8.78 Å².